The Hall–Kier alpha value is -3.48. The van der Waals surface area contributed by atoms with Gasteiger partial charge in [0.05, 0.1) is 11.6 Å². The van der Waals surface area contributed by atoms with Crippen LogP contribution in [0.15, 0.2) is 72.9 Å². The number of piperazine rings is 1. The fourth-order valence-corrected chi connectivity index (χ4v) is 4.95. The SMILES string of the molecule is CC(NC(=O)c1cn(C)c2ccc(-c3ccc(CN4CCN(C)CC4)cc3)cc12)c1cccc(F)c1. The van der Waals surface area contributed by atoms with E-state index >= 15 is 0 Å². The number of benzene rings is 3. The van der Waals surface area contributed by atoms with E-state index in [9.17, 15) is 9.18 Å². The minimum Gasteiger partial charge on any atom is -0.350 e. The van der Waals surface area contributed by atoms with Crippen molar-refractivity contribution in [2.75, 3.05) is 33.2 Å². The van der Waals surface area contributed by atoms with Gasteiger partial charge in [0.1, 0.15) is 5.82 Å². The third-order valence-electron chi connectivity index (χ3n) is 7.22. The molecule has 1 aromatic heterocycles. The van der Waals surface area contributed by atoms with Crippen molar-refractivity contribution in [3.05, 3.63) is 95.4 Å². The average molecular weight is 485 g/mol. The first-order chi connectivity index (χ1) is 17.4. The van der Waals surface area contributed by atoms with E-state index < -0.39 is 0 Å². The van der Waals surface area contributed by atoms with E-state index in [1.165, 1.54) is 17.7 Å². The standard InChI is InChI=1S/C30H33FN4O/c1-21(24-5-4-6-26(31)17-24)32-30(36)28-20-34(3)29-12-11-25(18-27(28)29)23-9-7-22(8-10-23)19-35-15-13-33(2)14-16-35/h4-12,17-18,20-21H,13-16,19H2,1-3H3,(H,32,36). The van der Waals surface area contributed by atoms with Crippen LogP contribution in [0.5, 0.6) is 0 Å². The van der Waals surface area contributed by atoms with Gasteiger partial charge in [0.2, 0.25) is 0 Å². The molecule has 1 amide bonds. The summed E-state index contributed by atoms with van der Waals surface area (Å²) < 4.78 is 15.6. The molecule has 1 aliphatic rings. The normalized spacial score (nSPS) is 15.8. The van der Waals surface area contributed by atoms with Crippen molar-refractivity contribution in [1.82, 2.24) is 19.7 Å². The molecule has 1 aliphatic heterocycles. The molecule has 0 spiro atoms. The number of amides is 1. The highest BCUT2D eigenvalue weighted by molar-refractivity contribution is 6.08. The predicted molar refractivity (Wildman–Crippen MR) is 143 cm³/mol. The first-order valence-electron chi connectivity index (χ1n) is 12.5. The Labute approximate surface area is 212 Å². The quantitative estimate of drug-likeness (QED) is 0.408. The van der Waals surface area contributed by atoms with Gasteiger partial charge in [-0.3, -0.25) is 9.69 Å². The lowest BCUT2D eigenvalue weighted by Crippen LogP contribution is -2.43. The van der Waals surface area contributed by atoms with Crippen molar-refractivity contribution < 1.29 is 9.18 Å². The van der Waals surface area contributed by atoms with Gasteiger partial charge in [-0.05, 0) is 60.5 Å². The minimum atomic E-state index is -0.307. The summed E-state index contributed by atoms with van der Waals surface area (Å²) in [5.41, 5.74) is 5.86. The zero-order valence-corrected chi connectivity index (χ0v) is 21.2. The second-order valence-corrected chi connectivity index (χ2v) is 9.91. The van der Waals surface area contributed by atoms with Crippen LogP contribution >= 0.6 is 0 Å². The van der Waals surface area contributed by atoms with Crippen molar-refractivity contribution in [2.45, 2.75) is 19.5 Å². The zero-order chi connectivity index (χ0) is 25.2. The number of rotatable bonds is 6. The fourth-order valence-electron chi connectivity index (χ4n) is 4.95. The van der Waals surface area contributed by atoms with Gasteiger partial charge in [-0.15, -0.1) is 0 Å². The second kappa shape index (κ2) is 10.2. The molecule has 4 aromatic rings. The van der Waals surface area contributed by atoms with Crippen molar-refractivity contribution in [3.63, 3.8) is 0 Å². The van der Waals surface area contributed by atoms with Crippen LogP contribution in [-0.2, 0) is 13.6 Å². The number of carbonyl (C=O) groups is 1. The number of aryl methyl sites for hydroxylation is 1. The summed E-state index contributed by atoms with van der Waals surface area (Å²) in [6.45, 7) is 7.28. The van der Waals surface area contributed by atoms with Crippen LogP contribution < -0.4 is 5.32 Å². The van der Waals surface area contributed by atoms with Crippen LogP contribution in [0.3, 0.4) is 0 Å². The number of hydrogen-bond acceptors (Lipinski definition) is 3. The summed E-state index contributed by atoms with van der Waals surface area (Å²) in [7, 11) is 4.12. The van der Waals surface area contributed by atoms with E-state index in [-0.39, 0.29) is 17.8 Å². The summed E-state index contributed by atoms with van der Waals surface area (Å²) in [6.07, 6.45) is 1.86. The second-order valence-electron chi connectivity index (χ2n) is 9.91. The number of carbonyl (C=O) groups excluding carboxylic acids is 1. The van der Waals surface area contributed by atoms with Gasteiger partial charge in [-0.25, -0.2) is 4.39 Å². The Morgan fingerprint density at radius 1 is 0.944 bits per heavy atom. The lowest BCUT2D eigenvalue weighted by molar-refractivity contribution is 0.0941. The van der Waals surface area contributed by atoms with Crippen molar-refractivity contribution in [2.24, 2.45) is 7.05 Å². The highest BCUT2D eigenvalue weighted by atomic mass is 19.1. The number of nitrogens with one attached hydrogen (secondary N) is 1. The summed E-state index contributed by atoms with van der Waals surface area (Å²) in [5.74, 6) is -0.477. The van der Waals surface area contributed by atoms with Crippen molar-refractivity contribution in [3.8, 4) is 11.1 Å². The molecule has 0 saturated carbocycles. The van der Waals surface area contributed by atoms with Gasteiger partial charge >= 0.3 is 0 Å². The van der Waals surface area contributed by atoms with Crippen LogP contribution in [-0.4, -0.2) is 53.5 Å². The Balaban J connectivity index is 1.35. The Bertz CT molecular complexity index is 1370. The number of hydrogen-bond donors (Lipinski definition) is 1. The smallest absolute Gasteiger partial charge is 0.253 e. The maximum Gasteiger partial charge on any atom is 0.253 e. The molecule has 1 fully saturated rings. The molecule has 36 heavy (non-hydrogen) atoms. The summed E-state index contributed by atoms with van der Waals surface area (Å²) in [4.78, 5) is 18.1. The number of likely N-dealkylation sites (N-methyl/N-ethyl adjacent to an activating group) is 1. The third-order valence-corrected chi connectivity index (χ3v) is 7.22. The lowest BCUT2D eigenvalue weighted by atomic mass is 10.0. The molecule has 5 nitrogen and oxygen atoms in total. The van der Waals surface area contributed by atoms with E-state index in [1.54, 1.807) is 6.07 Å². The Kier molecular flexibility index (Phi) is 6.90. The van der Waals surface area contributed by atoms with Crippen molar-refractivity contribution in [1.29, 1.82) is 0 Å². The average Bonchev–Trinajstić information content (AvgIpc) is 3.22. The van der Waals surface area contributed by atoms with E-state index in [0.29, 0.717) is 5.56 Å². The molecule has 186 valence electrons. The van der Waals surface area contributed by atoms with Crippen LogP contribution in [0, 0.1) is 5.82 Å². The largest absolute Gasteiger partial charge is 0.350 e. The van der Waals surface area contributed by atoms with Gasteiger partial charge in [0, 0.05) is 56.9 Å². The number of halogens is 1. The number of fused-ring (bicyclic) bond motifs is 1. The molecule has 0 radical (unpaired) electrons. The molecule has 2 heterocycles. The topological polar surface area (TPSA) is 40.5 Å². The maximum atomic E-state index is 13.6. The van der Waals surface area contributed by atoms with Gasteiger partial charge in [-0.1, -0.05) is 42.5 Å². The lowest BCUT2D eigenvalue weighted by Gasteiger charge is -2.32. The summed E-state index contributed by atoms with van der Waals surface area (Å²) in [6, 6.07) is 21.0. The van der Waals surface area contributed by atoms with Gasteiger partial charge in [-0.2, -0.15) is 0 Å². The van der Waals surface area contributed by atoms with Crippen LogP contribution in [0.25, 0.3) is 22.0 Å². The van der Waals surface area contributed by atoms with E-state index in [2.05, 4.69) is 64.6 Å². The Morgan fingerprint density at radius 2 is 1.67 bits per heavy atom. The molecule has 1 unspecified atom stereocenters. The van der Waals surface area contributed by atoms with E-state index in [1.807, 2.05) is 30.8 Å². The molecule has 5 rings (SSSR count). The number of nitrogens with zero attached hydrogens (tertiary/aromatic N) is 3. The number of aromatic nitrogens is 1. The molecule has 0 aliphatic carbocycles. The molecule has 1 saturated heterocycles. The highest BCUT2D eigenvalue weighted by Gasteiger charge is 2.18. The van der Waals surface area contributed by atoms with Crippen LogP contribution in [0.2, 0.25) is 0 Å². The minimum absolute atomic E-state index is 0.169. The first kappa shape index (κ1) is 24.2. The highest BCUT2D eigenvalue weighted by Crippen LogP contribution is 2.29. The van der Waals surface area contributed by atoms with Gasteiger partial charge < -0.3 is 14.8 Å². The third kappa shape index (κ3) is 5.20. The molecular weight excluding hydrogens is 451 g/mol. The molecule has 1 N–H and O–H groups in total. The Morgan fingerprint density at radius 3 is 2.39 bits per heavy atom. The predicted octanol–water partition coefficient (Wildman–Crippen LogP) is 5.22. The molecule has 3 aromatic carbocycles. The molecular formula is C30H33FN4O. The van der Waals surface area contributed by atoms with E-state index in [4.69, 9.17) is 0 Å². The zero-order valence-electron chi connectivity index (χ0n) is 21.2. The first-order valence-corrected chi connectivity index (χ1v) is 12.5. The molecule has 6 heteroatoms. The van der Waals surface area contributed by atoms with Gasteiger partial charge in [0.25, 0.3) is 5.91 Å². The maximum absolute atomic E-state index is 13.6. The van der Waals surface area contributed by atoms with Crippen molar-refractivity contribution >= 4 is 16.8 Å². The fraction of sp³-hybridized carbons (Fsp3) is 0.300. The van der Waals surface area contributed by atoms with Gasteiger partial charge in [0.15, 0.2) is 0 Å². The summed E-state index contributed by atoms with van der Waals surface area (Å²) in [5, 5.41) is 3.93. The molecule has 0 bridgehead atoms. The summed E-state index contributed by atoms with van der Waals surface area (Å²) >= 11 is 0. The van der Waals surface area contributed by atoms with E-state index in [0.717, 1.165) is 60.3 Å². The van der Waals surface area contributed by atoms with Crippen LogP contribution in [0.1, 0.15) is 34.5 Å². The van der Waals surface area contributed by atoms with Crippen LogP contribution in [0.4, 0.5) is 4.39 Å². The molecule has 1 atom stereocenters. The monoisotopic (exact) mass is 484 g/mol.